The number of hydrogen-bond donors (Lipinski definition) is 2. The summed E-state index contributed by atoms with van der Waals surface area (Å²) < 4.78 is 0. The first-order valence-corrected chi connectivity index (χ1v) is 5.31. The van der Waals surface area contributed by atoms with Crippen LogP contribution in [0, 0.1) is 0 Å². The lowest BCUT2D eigenvalue weighted by atomic mass is 10.3. The zero-order chi connectivity index (χ0) is 11.8. The number of aromatic amines is 1. The Morgan fingerprint density at radius 3 is 2.65 bits per heavy atom. The summed E-state index contributed by atoms with van der Waals surface area (Å²) >= 11 is 0. The van der Waals surface area contributed by atoms with E-state index in [2.05, 4.69) is 25.3 Å². The van der Waals surface area contributed by atoms with Crippen LogP contribution in [0.25, 0.3) is 0 Å². The number of hydrogen-bond acceptors (Lipinski definition) is 5. The number of piperazine rings is 1. The maximum Gasteiger partial charge on any atom is 0.369 e. The number of anilines is 1. The number of fused-ring (bicyclic) bond motifs is 1. The Morgan fingerprint density at radius 1 is 1.12 bits per heavy atom. The number of H-pyrrole nitrogens is 1. The largest absolute Gasteiger partial charge is 0.369 e. The highest BCUT2D eigenvalue weighted by atomic mass is 16.2. The molecule has 88 valence electrons. The van der Waals surface area contributed by atoms with Crippen molar-refractivity contribution in [3.8, 4) is 0 Å². The minimum atomic E-state index is -0.597. The van der Waals surface area contributed by atoms with Crippen LogP contribution < -0.4 is 26.8 Å². The van der Waals surface area contributed by atoms with Crippen LogP contribution in [0.2, 0.25) is 0 Å². The van der Waals surface area contributed by atoms with E-state index < -0.39 is 11.7 Å². The molecule has 2 aliphatic heterocycles. The highest BCUT2D eigenvalue weighted by Crippen LogP contribution is 2.02. The van der Waals surface area contributed by atoms with Crippen LogP contribution in [-0.4, -0.2) is 42.2 Å². The van der Waals surface area contributed by atoms with Gasteiger partial charge in [-0.3, -0.25) is 4.98 Å². The third-order valence-corrected chi connectivity index (χ3v) is 2.70. The second kappa shape index (κ2) is 3.74. The lowest BCUT2D eigenvalue weighted by Gasteiger charge is -2.27. The molecule has 0 spiro atoms. The van der Waals surface area contributed by atoms with E-state index in [4.69, 9.17) is 0 Å². The van der Waals surface area contributed by atoms with Gasteiger partial charge in [0.2, 0.25) is 0 Å². The van der Waals surface area contributed by atoms with Gasteiger partial charge in [-0.2, -0.15) is 15.0 Å². The first-order chi connectivity index (χ1) is 8.24. The molecule has 2 aliphatic rings. The number of carbonyl (C=O) groups is 1. The fraction of sp³-hybridized carbons (Fsp3) is 0.444. The number of nitrogens with zero attached hydrogens (tertiary/aromatic N) is 4. The Hall–Kier alpha value is -2.09. The fourth-order valence-electron chi connectivity index (χ4n) is 1.94. The lowest BCUT2D eigenvalue weighted by molar-refractivity contribution is 0.256. The topological polar surface area (TPSA) is 103 Å². The lowest BCUT2D eigenvalue weighted by Crippen LogP contribution is -2.49. The molecular formula is C9H10N6O2. The van der Waals surface area contributed by atoms with E-state index in [1.165, 1.54) is 0 Å². The van der Waals surface area contributed by atoms with Gasteiger partial charge in [0.1, 0.15) is 0 Å². The Kier molecular flexibility index (Phi) is 2.22. The van der Waals surface area contributed by atoms with Crippen molar-refractivity contribution in [2.45, 2.75) is 0 Å². The van der Waals surface area contributed by atoms with Gasteiger partial charge in [0.25, 0.3) is 0 Å². The van der Waals surface area contributed by atoms with E-state index in [1.54, 1.807) is 0 Å². The van der Waals surface area contributed by atoms with Gasteiger partial charge in [0, 0.05) is 26.2 Å². The van der Waals surface area contributed by atoms with Crippen LogP contribution in [0.5, 0.6) is 0 Å². The van der Waals surface area contributed by atoms with E-state index in [-0.39, 0.29) is 5.49 Å². The standard InChI is InChI=1S/C9H10N6O2/c16-8-11-5-6(12-8)13-9(17)14-7(5)15-3-1-10-2-4-15/h10H,1-4H2,(H,12,13,16,17). The van der Waals surface area contributed by atoms with E-state index >= 15 is 0 Å². The normalized spacial score (nSPS) is 18.6. The summed E-state index contributed by atoms with van der Waals surface area (Å²) in [5.74, 6) is 0.444. The zero-order valence-corrected chi connectivity index (χ0v) is 8.93. The third kappa shape index (κ3) is 1.72. The number of nitrogens with one attached hydrogen (secondary N) is 2. The molecule has 2 N–H and O–H groups in total. The van der Waals surface area contributed by atoms with Crippen molar-refractivity contribution < 1.29 is 4.79 Å². The quantitative estimate of drug-likeness (QED) is 0.561. The first-order valence-electron chi connectivity index (χ1n) is 5.31. The summed E-state index contributed by atoms with van der Waals surface area (Å²) in [6, 6.07) is -0.597. The summed E-state index contributed by atoms with van der Waals surface area (Å²) in [4.78, 5) is 38.1. The Bertz CT molecular complexity index is 642. The highest BCUT2D eigenvalue weighted by molar-refractivity contribution is 5.77. The van der Waals surface area contributed by atoms with Crippen molar-refractivity contribution >= 4 is 11.8 Å². The van der Waals surface area contributed by atoms with Gasteiger partial charge < -0.3 is 10.2 Å². The Balaban J connectivity index is 2.18. The first kappa shape index (κ1) is 10.1. The fourth-order valence-corrected chi connectivity index (χ4v) is 1.94. The zero-order valence-electron chi connectivity index (χ0n) is 8.93. The molecule has 0 atom stereocenters. The Morgan fingerprint density at radius 2 is 1.88 bits per heavy atom. The van der Waals surface area contributed by atoms with Crippen LogP contribution >= 0.6 is 0 Å². The van der Waals surface area contributed by atoms with Crippen LogP contribution in [0.4, 0.5) is 10.6 Å². The van der Waals surface area contributed by atoms with Crippen LogP contribution in [0.3, 0.4) is 0 Å². The number of urea groups is 1. The number of rotatable bonds is 1. The average Bonchev–Trinajstić information content (AvgIpc) is 2.69. The second-order valence-electron chi connectivity index (χ2n) is 3.81. The molecule has 17 heavy (non-hydrogen) atoms. The molecule has 0 aromatic carbocycles. The van der Waals surface area contributed by atoms with Crippen molar-refractivity contribution in [2.24, 2.45) is 9.98 Å². The van der Waals surface area contributed by atoms with E-state index in [1.807, 2.05) is 4.90 Å². The molecule has 0 unspecified atom stereocenters. The van der Waals surface area contributed by atoms with Crippen molar-refractivity contribution in [2.75, 3.05) is 31.1 Å². The molecule has 1 fully saturated rings. The molecule has 1 saturated heterocycles. The summed E-state index contributed by atoms with van der Waals surface area (Å²) in [5, 5.41) is 3.57. The number of carbonyl (C=O) groups excluding carboxylic acids is 1. The summed E-state index contributed by atoms with van der Waals surface area (Å²) in [7, 11) is 0. The van der Waals surface area contributed by atoms with Crippen LogP contribution in [-0.2, 0) is 0 Å². The minimum absolute atomic E-state index is 0.212. The van der Waals surface area contributed by atoms with E-state index in [0.717, 1.165) is 26.2 Å². The summed E-state index contributed by atoms with van der Waals surface area (Å²) in [6.45, 7) is 3.09. The van der Waals surface area contributed by atoms with Crippen molar-refractivity contribution in [3.63, 3.8) is 0 Å². The van der Waals surface area contributed by atoms with Gasteiger partial charge in [-0.25, -0.2) is 9.59 Å². The molecule has 3 heterocycles. The molecule has 0 saturated carbocycles. The SMILES string of the molecule is O=C1N=c2[nH]c(=O)nc(N3CCNCC3)c2=N1. The Labute approximate surface area is 95.1 Å². The van der Waals surface area contributed by atoms with Gasteiger partial charge in [-0.05, 0) is 0 Å². The molecule has 0 radical (unpaired) electrons. The second-order valence-corrected chi connectivity index (χ2v) is 3.81. The predicted octanol–water partition coefficient (Wildman–Crippen LogP) is -2.45. The molecule has 1 aromatic rings. The summed E-state index contributed by atoms with van der Waals surface area (Å²) in [6.07, 6.45) is 0. The molecular weight excluding hydrogens is 224 g/mol. The van der Waals surface area contributed by atoms with E-state index in [0.29, 0.717) is 11.2 Å². The molecule has 0 bridgehead atoms. The van der Waals surface area contributed by atoms with Gasteiger partial charge in [0.05, 0.1) is 0 Å². The molecule has 8 nitrogen and oxygen atoms in total. The molecule has 0 aliphatic carbocycles. The maximum atomic E-state index is 11.4. The number of amides is 2. The maximum absolute atomic E-state index is 11.4. The average molecular weight is 234 g/mol. The molecule has 1 aromatic heterocycles. The minimum Gasteiger partial charge on any atom is -0.352 e. The highest BCUT2D eigenvalue weighted by Gasteiger charge is 2.18. The van der Waals surface area contributed by atoms with Crippen molar-refractivity contribution in [1.82, 2.24) is 15.3 Å². The summed E-state index contributed by atoms with van der Waals surface area (Å²) in [5.41, 5.74) is -0.297. The predicted molar refractivity (Wildman–Crippen MR) is 57.6 cm³/mol. The van der Waals surface area contributed by atoms with Gasteiger partial charge in [-0.15, -0.1) is 0 Å². The molecule has 3 rings (SSSR count). The van der Waals surface area contributed by atoms with Gasteiger partial charge in [0.15, 0.2) is 16.7 Å². The van der Waals surface area contributed by atoms with Gasteiger partial charge in [-0.1, -0.05) is 0 Å². The van der Waals surface area contributed by atoms with Crippen LogP contribution in [0.15, 0.2) is 14.8 Å². The number of aromatic nitrogens is 2. The molecule has 2 amide bonds. The van der Waals surface area contributed by atoms with Crippen molar-refractivity contribution in [1.29, 1.82) is 0 Å². The van der Waals surface area contributed by atoms with Crippen molar-refractivity contribution in [3.05, 3.63) is 21.3 Å². The smallest absolute Gasteiger partial charge is 0.352 e. The van der Waals surface area contributed by atoms with E-state index in [9.17, 15) is 9.59 Å². The molecule has 8 heteroatoms. The van der Waals surface area contributed by atoms with Gasteiger partial charge >= 0.3 is 11.7 Å². The monoisotopic (exact) mass is 234 g/mol. The third-order valence-electron chi connectivity index (χ3n) is 2.70. The van der Waals surface area contributed by atoms with Crippen LogP contribution in [0.1, 0.15) is 0 Å².